The van der Waals surface area contributed by atoms with E-state index in [0.717, 1.165) is 6.42 Å². The number of hydrogen-bond donors (Lipinski definition) is 2. The Morgan fingerprint density at radius 1 is 1.53 bits per heavy atom. The second-order valence-electron chi connectivity index (χ2n) is 4.36. The van der Waals surface area contributed by atoms with Crippen molar-refractivity contribution in [3.05, 3.63) is 35.1 Å². The lowest BCUT2D eigenvalue weighted by molar-refractivity contribution is 0.240. The van der Waals surface area contributed by atoms with E-state index < -0.39 is 0 Å². The van der Waals surface area contributed by atoms with Crippen LogP contribution in [-0.4, -0.2) is 23.8 Å². The van der Waals surface area contributed by atoms with Crippen molar-refractivity contribution in [2.75, 3.05) is 7.05 Å². The maximum Gasteiger partial charge on any atom is 0.138 e. The predicted molar refractivity (Wildman–Crippen MR) is 68.6 cm³/mol. The van der Waals surface area contributed by atoms with Crippen molar-refractivity contribution in [1.29, 1.82) is 5.41 Å². The highest BCUT2D eigenvalue weighted by molar-refractivity contribution is 5.95. The number of amidine groups is 1. The summed E-state index contributed by atoms with van der Waals surface area (Å²) in [7, 11) is 1.97. The second-order valence-corrected chi connectivity index (χ2v) is 4.36. The molecule has 4 heteroatoms. The van der Waals surface area contributed by atoms with E-state index in [1.54, 1.807) is 12.1 Å². The van der Waals surface area contributed by atoms with Gasteiger partial charge in [-0.2, -0.15) is 0 Å². The van der Waals surface area contributed by atoms with E-state index in [1.807, 2.05) is 7.05 Å². The molecular formula is C13H20FN3. The molecule has 0 aliphatic carbocycles. The lowest BCUT2D eigenvalue weighted by Crippen LogP contribution is -2.28. The van der Waals surface area contributed by atoms with Gasteiger partial charge in [-0.25, -0.2) is 4.39 Å². The normalized spacial score (nSPS) is 12.8. The van der Waals surface area contributed by atoms with Crippen molar-refractivity contribution in [2.45, 2.75) is 32.9 Å². The third kappa shape index (κ3) is 3.27. The van der Waals surface area contributed by atoms with Gasteiger partial charge in [0, 0.05) is 18.2 Å². The number of nitrogens with one attached hydrogen (secondary N) is 1. The Balaban J connectivity index is 2.92. The summed E-state index contributed by atoms with van der Waals surface area (Å²) in [5.74, 6) is -0.606. The molecule has 0 saturated carbocycles. The molecule has 0 spiro atoms. The minimum absolute atomic E-state index is 0.181. The average Bonchev–Trinajstić information content (AvgIpc) is 2.30. The van der Waals surface area contributed by atoms with Crippen LogP contribution < -0.4 is 5.73 Å². The Hall–Kier alpha value is -1.42. The molecule has 0 aromatic heterocycles. The zero-order chi connectivity index (χ0) is 13.0. The summed E-state index contributed by atoms with van der Waals surface area (Å²) in [6.45, 7) is 4.73. The average molecular weight is 237 g/mol. The van der Waals surface area contributed by atoms with Crippen molar-refractivity contribution in [3.8, 4) is 0 Å². The highest BCUT2D eigenvalue weighted by Crippen LogP contribution is 2.15. The van der Waals surface area contributed by atoms with Crippen LogP contribution in [0.4, 0.5) is 4.39 Å². The summed E-state index contributed by atoms with van der Waals surface area (Å²) in [6, 6.07) is 5.40. The smallest absolute Gasteiger partial charge is 0.138 e. The van der Waals surface area contributed by atoms with Gasteiger partial charge >= 0.3 is 0 Å². The number of nitrogen functional groups attached to an aromatic ring is 1. The highest BCUT2D eigenvalue weighted by Gasteiger charge is 2.13. The molecule has 0 saturated heterocycles. The van der Waals surface area contributed by atoms with Crippen LogP contribution in [0.2, 0.25) is 0 Å². The maximum atomic E-state index is 14.0. The Morgan fingerprint density at radius 2 is 2.18 bits per heavy atom. The Labute approximate surface area is 102 Å². The van der Waals surface area contributed by atoms with Crippen molar-refractivity contribution < 1.29 is 4.39 Å². The van der Waals surface area contributed by atoms with Crippen LogP contribution in [-0.2, 0) is 6.54 Å². The fourth-order valence-corrected chi connectivity index (χ4v) is 1.65. The van der Waals surface area contributed by atoms with Crippen LogP contribution in [0.3, 0.4) is 0 Å². The molecule has 0 radical (unpaired) electrons. The van der Waals surface area contributed by atoms with E-state index in [1.165, 1.54) is 6.07 Å². The molecule has 0 bridgehead atoms. The molecule has 1 unspecified atom stereocenters. The van der Waals surface area contributed by atoms with E-state index in [2.05, 4.69) is 18.7 Å². The first-order chi connectivity index (χ1) is 7.97. The highest BCUT2D eigenvalue weighted by atomic mass is 19.1. The molecule has 1 atom stereocenters. The van der Waals surface area contributed by atoms with Crippen molar-refractivity contribution in [3.63, 3.8) is 0 Å². The molecular weight excluding hydrogens is 217 g/mol. The maximum absolute atomic E-state index is 14.0. The largest absolute Gasteiger partial charge is 0.384 e. The molecule has 0 aliphatic heterocycles. The molecule has 17 heavy (non-hydrogen) atoms. The molecule has 3 N–H and O–H groups in total. The Bertz CT molecular complexity index is 404. The molecule has 3 nitrogen and oxygen atoms in total. The monoisotopic (exact) mass is 237 g/mol. The summed E-state index contributed by atoms with van der Waals surface area (Å²) in [5, 5.41) is 7.30. The van der Waals surface area contributed by atoms with Gasteiger partial charge in [0.05, 0.1) is 5.56 Å². The van der Waals surface area contributed by atoms with Crippen LogP contribution in [0.15, 0.2) is 18.2 Å². The third-order valence-electron chi connectivity index (χ3n) is 3.13. The minimum atomic E-state index is -0.379. The van der Waals surface area contributed by atoms with Crippen LogP contribution in [0, 0.1) is 11.2 Å². The molecule has 0 heterocycles. The van der Waals surface area contributed by atoms with Crippen LogP contribution in [0.1, 0.15) is 31.4 Å². The number of nitrogens with two attached hydrogens (primary N) is 1. The van der Waals surface area contributed by atoms with Gasteiger partial charge in [-0.15, -0.1) is 0 Å². The first kappa shape index (κ1) is 13.6. The van der Waals surface area contributed by atoms with Gasteiger partial charge in [-0.1, -0.05) is 19.1 Å². The Kier molecular flexibility index (Phi) is 4.63. The quantitative estimate of drug-likeness (QED) is 0.610. The van der Waals surface area contributed by atoms with Gasteiger partial charge in [-0.3, -0.25) is 10.3 Å². The first-order valence-electron chi connectivity index (χ1n) is 5.79. The summed E-state index contributed by atoms with van der Waals surface area (Å²) in [6.07, 6.45) is 1.02. The minimum Gasteiger partial charge on any atom is -0.384 e. The van der Waals surface area contributed by atoms with Gasteiger partial charge in [0.1, 0.15) is 11.7 Å². The van der Waals surface area contributed by atoms with Gasteiger partial charge in [0.25, 0.3) is 0 Å². The molecule has 0 amide bonds. The molecule has 1 aromatic rings. The summed E-state index contributed by atoms with van der Waals surface area (Å²) < 4.78 is 14.0. The van der Waals surface area contributed by atoms with Crippen LogP contribution >= 0.6 is 0 Å². The van der Waals surface area contributed by atoms with E-state index >= 15 is 0 Å². The van der Waals surface area contributed by atoms with Crippen molar-refractivity contribution >= 4 is 5.84 Å². The molecule has 94 valence electrons. The molecule has 0 aliphatic rings. The molecule has 1 aromatic carbocycles. The Morgan fingerprint density at radius 3 is 2.71 bits per heavy atom. The third-order valence-corrected chi connectivity index (χ3v) is 3.13. The second kappa shape index (κ2) is 5.77. The number of nitrogens with zero attached hydrogens (tertiary/aromatic N) is 1. The number of benzene rings is 1. The van der Waals surface area contributed by atoms with Crippen LogP contribution in [0.25, 0.3) is 0 Å². The van der Waals surface area contributed by atoms with Gasteiger partial charge in [-0.05, 0) is 26.5 Å². The van der Waals surface area contributed by atoms with E-state index in [9.17, 15) is 4.39 Å². The fraction of sp³-hybridized carbons (Fsp3) is 0.462. The SMILES string of the molecule is CCC(C)N(C)Cc1cccc(C(=N)N)c1F. The number of rotatable bonds is 5. The summed E-state index contributed by atoms with van der Waals surface area (Å²) in [4.78, 5) is 2.09. The lowest BCUT2D eigenvalue weighted by atomic mass is 10.1. The van der Waals surface area contributed by atoms with Crippen molar-refractivity contribution in [2.24, 2.45) is 5.73 Å². The van der Waals surface area contributed by atoms with Gasteiger partial charge in [0.15, 0.2) is 0 Å². The molecule has 0 fully saturated rings. The fourth-order valence-electron chi connectivity index (χ4n) is 1.65. The summed E-state index contributed by atoms with van der Waals surface area (Å²) >= 11 is 0. The van der Waals surface area contributed by atoms with E-state index in [0.29, 0.717) is 18.2 Å². The van der Waals surface area contributed by atoms with Crippen molar-refractivity contribution in [1.82, 2.24) is 4.90 Å². The lowest BCUT2D eigenvalue weighted by Gasteiger charge is -2.24. The van der Waals surface area contributed by atoms with Gasteiger partial charge < -0.3 is 5.73 Å². The van der Waals surface area contributed by atoms with Gasteiger partial charge in [0.2, 0.25) is 0 Å². The standard InChI is InChI=1S/C13H20FN3/c1-4-9(2)17(3)8-10-6-5-7-11(12(10)14)13(15)16/h5-7,9H,4,8H2,1-3H3,(H3,15,16). The van der Waals surface area contributed by atoms with Crippen LogP contribution in [0.5, 0.6) is 0 Å². The molecule has 1 rings (SSSR count). The summed E-state index contributed by atoms with van der Waals surface area (Å²) in [5.41, 5.74) is 6.09. The van der Waals surface area contributed by atoms with E-state index in [-0.39, 0.29) is 17.2 Å². The topological polar surface area (TPSA) is 53.1 Å². The van der Waals surface area contributed by atoms with E-state index in [4.69, 9.17) is 11.1 Å². The zero-order valence-corrected chi connectivity index (χ0v) is 10.6. The number of halogens is 1. The number of hydrogen-bond acceptors (Lipinski definition) is 2. The zero-order valence-electron chi connectivity index (χ0n) is 10.6. The first-order valence-corrected chi connectivity index (χ1v) is 5.79. The predicted octanol–water partition coefficient (Wildman–Crippen LogP) is 2.34.